The van der Waals surface area contributed by atoms with Gasteiger partial charge in [-0.1, -0.05) is 6.07 Å². The molecule has 1 unspecified atom stereocenters. The summed E-state index contributed by atoms with van der Waals surface area (Å²) in [5.74, 6) is -1.45. The highest BCUT2D eigenvalue weighted by atomic mass is 32.1. The summed E-state index contributed by atoms with van der Waals surface area (Å²) in [6.07, 6.45) is 0. The van der Waals surface area contributed by atoms with Crippen LogP contribution in [0, 0.1) is 11.3 Å². The van der Waals surface area contributed by atoms with Crippen LogP contribution < -0.4 is 5.32 Å². The quantitative estimate of drug-likeness (QED) is 0.857. The molecule has 5 heteroatoms. The first-order valence-electron chi connectivity index (χ1n) is 5.41. The van der Waals surface area contributed by atoms with Crippen LogP contribution in [0.5, 0.6) is 0 Å². The molecule has 1 aromatic heterocycles. The standard InChI is InChI=1S/C13H12N2O2S/c1-7-9(6-14)12(10-4-3-5-18-10)11(13(16)17)8(2)15-7/h3-5,12,15H,1-2H3,(H,16,17). The van der Waals surface area contributed by atoms with Gasteiger partial charge in [0.15, 0.2) is 0 Å². The van der Waals surface area contributed by atoms with E-state index in [1.165, 1.54) is 11.3 Å². The number of nitrogens with zero attached hydrogens (tertiary/aromatic N) is 1. The highest BCUT2D eigenvalue weighted by Crippen LogP contribution is 2.39. The maximum atomic E-state index is 11.4. The van der Waals surface area contributed by atoms with Crippen LogP contribution in [0.1, 0.15) is 24.6 Å². The Bertz CT molecular complexity index is 591. The molecule has 0 radical (unpaired) electrons. The van der Waals surface area contributed by atoms with Gasteiger partial charge >= 0.3 is 5.97 Å². The SMILES string of the molecule is CC1=C(C#N)C(c2cccs2)C(C(=O)O)=C(C)N1. The summed E-state index contributed by atoms with van der Waals surface area (Å²) in [5, 5.41) is 23.5. The molecule has 1 atom stereocenters. The first-order valence-corrected chi connectivity index (χ1v) is 6.29. The fourth-order valence-corrected chi connectivity index (χ4v) is 3.01. The molecule has 18 heavy (non-hydrogen) atoms. The third-order valence-corrected chi connectivity index (χ3v) is 3.88. The van der Waals surface area contributed by atoms with Crippen LogP contribution in [0.3, 0.4) is 0 Å². The minimum atomic E-state index is -0.987. The van der Waals surface area contributed by atoms with E-state index in [0.717, 1.165) is 10.6 Å². The molecular formula is C13H12N2O2S. The zero-order chi connectivity index (χ0) is 13.3. The van der Waals surface area contributed by atoms with Gasteiger partial charge in [0.25, 0.3) is 0 Å². The van der Waals surface area contributed by atoms with E-state index in [4.69, 9.17) is 0 Å². The van der Waals surface area contributed by atoms with E-state index in [9.17, 15) is 15.2 Å². The van der Waals surface area contributed by atoms with Gasteiger partial charge in [-0.3, -0.25) is 0 Å². The number of carboxylic acid groups (broad SMARTS) is 1. The van der Waals surface area contributed by atoms with E-state index in [0.29, 0.717) is 11.3 Å². The van der Waals surface area contributed by atoms with E-state index < -0.39 is 11.9 Å². The highest BCUT2D eigenvalue weighted by Gasteiger charge is 2.33. The largest absolute Gasteiger partial charge is 0.478 e. The maximum absolute atomic E-state index is 11.4. The second-order valence-electron chi connectivity index (χ2n) is 4.07. The molecule has 0 bridgehead atoms. The average molecular weight is 260 g/mol. The number of nitrogens with one attached hydrogen (secondary N) is 1. The number of allylic oxidation sites excluding steroid dienone is 3. The van der Waals surface area contributed by atoms with Gasteiger partial charge in [0, 0.05) is 16.3 Å². The van der Waals surface area contributed by atoms with Gasteiger partial charge in [0.05, 0.1) is 23.1 Å². The molecule has 1 aliphatic rings. The van der Waals surface area contributed by atoms with Crippen molar-refractivity contribution in [2.75, 3.05) is 0 Å². The second kappa shape index (κ2) is 4.67. The topological polar surface area (TPSA) is 73.1 Å². The van der Waals surface area contributed by atoms with Gasteiger partial charge in [-0.05, 0) is 25.3 Å². The number of carbonyl (C=O) groups is 1. The summed E-state index contributed by atoms with van der Waals surface area (Å²) in [7, 11) is 0. The molecule has 2 N–H and O–H groups in total. The van der Waals surface area contributed by atoms with Crippen LogP contribution in [0.15, 0.2) is 40.1 Å². The Morgan fingerprint density at radius 3 is 2.72 bits per heavy atom. The summed E-state index contributed by atoms with van der Waals surface area (Å²) >= 11 is 1.46. The number of thiophene rings is 1. The first-order chi connectivity index (χ1) is 8.56. The minimum absolute atomic E-state index is 0.250. The molecule has 0 saturated heterocycles. The average Bonchev–Trinajstić information content (AvgIpc) is 2.80. The van der Waals surface area contributed by atoms with E-state index in [1.807, 2.05) is 17.5 Å². The lowest BCUT2D eigenvalue weighted by molar-refractivity contribution is -0.133. The maximum Gasteiger partial charge on any atom is 0.334 e. The van der Waals surface area contributed by atoms with Crippen molar-refractivity contribution in [3.8, 4) is 6.07 Å². The summed E-state index contributed by atoms with van der Waals surface area (Å²) < 4.78 is 0. The van der Waals surface area contributed by atoms with Gasteiger partial charge in [0.2, 0.25) is 0 Å². The molecule has 1 aromatic rings. The monoisotopic (exact) mass is 260 g/mol. The van der Waals surface area contributed by atoms with E-state index >= 15 is 0 Å². The van der Waals surface area contributed by atoms with Gasteiger partial charge in [-0.2, -0.15) is 5.26 Å². The molecule has 4 nitrogen and oxygen atoms in total. The number of dihydropyridines is 1. The smallest absolute Gasteiger partial charge is 0.334 e. The molecule has 92 valence electrons. The number of rotatable bonds is 2. The first kappa shape index (κ1) is 12.4. The molecule has 0 amide bonds. The van der Waals surface area contributed by atoms with E-state index in [2.05, 4.69) is 11.4 Å². The van der Waals surface area contributed by atoms with Crippen LogP contribution in [-0.4, -0.2) is 11.1 Å². The molecular weight excluding hydrogens is 248 g/mol. The van der Waals surface area contributed by atoms with Crippen LogP contribution in [-0.2, 0) is 4.79 Å². The number of hydrogen-bond donors (Lipinski definition) is 2. The van der Waals surface area contributed by atoms with Crippen molar-refractivity contribution < 1.29 is 9.90 Å². The second-order valence-corrected chi connectivity index (χ2v) is 5.05. The fraction of sp³-hybridized carbons (Fsp3) is 0.231. The number of nitriles is 1. The molecule has 0 spiro atoms. The predicted octanol–water partition coefficient (Wildman–Crippen LogP) is 2.59. The number of aliphatic carboxylic acids is 1. The molecule has 0 fully saturated rings. The van der Waals surface area contributed by atoms with Gasteiger partial charge in [-0.15, -0.1) is 11.3 Å². The third-order valence-electron chi connectivity index (χ3n) is 2.94. The van der Waals surface area contributed by atoms with Gasteiger partial charge in [0.1, 0.15) is 0 Å². The predicted molar refractivity (Wildman–Crippen MR) is 68.8 cm³/mol. The zero-order valence-electron chi connectivity index (χ0n) is 10.0. The summed E-state index contributed by atoms with van der Waals surface area (Å²) in [5.41, 5.74) is 2.04. The minimum Gasteiger partial charge on any atom is -0.478 e. The van der Waals surface area contributed by atoms with Crippen molar-refractivity contribution in [2.24, 2.45) is 0 Å². The van der Waals surface area contributed by atoms with Crippen molar-refractivity contribution in [2.45, 2.75) is 19.8 Å². The van der Waals surface area contributed by atoms with Crippen molar-refractivity contribution in [3.63, 3.8) is 0 Å². The normalized spacial score (nSPS) is 19.5. The molecule has 0 aliphatic carbocycles. The Hall–Kier alpha value is -2.06. The van der Waals surface area contributed by atoms with Crippen molar-refractivity contribution in [3.05, 3.63) is 44.9 Å². The molecule has 0 saturated carbocycles. The van der Waals surface area contributed by atoms with Gasteiger partial charge in [-0.25, -0.2) is 4.79 Å². The number of hydrogen-bond acceptors (Lipinski definition) is 4. The molecule has 2 heterocycles. The van der Waals surface area contributed by atoms with Crippen LogP contribution in [0.25, 0.3) is 0 Å². The highest BCUT2D eigenvalue weighted by molar-refractivity contribution is 7.10. The van der Waals surface area contributed by atoms with Crippen LogP contribution >= 0.6 is 11.3 Å². The van der Waals surface area contributed by atoms with Crippen molar-refractivity contribution >= 4 is 17.3 Å². The van der Waals surface area contributed by atoms with Gasteiger partial charge < -0.3 is 10.4 Å². The zero-order valence-corrected chi connectivity index (χ0v) is 10.8. The summed E-state index contributed by atoms with van der Waals surface area (Å²) in [6, 6.07) is 5.85. The lowest BCUT2D eigenvalue weighted by Crippen LogP contribution is -2.27. The van der Waals surface area contributed by atoms with Crippen molar-refractivity contribution in [1.82, 2.24) is 5.32 Å². The Morgan fingerprint density at radius 2 is 2.22 bits per heavy atom. The summed E-state index contributed by atoms with van der Waals surface area (Å²) in [6.45, 7) is 3.52. The number of carboxylic acids is 1. The third kappa shape index (κ3) is 1.91. The van der Waals surface area contributed by atoms with E-state index in [1.54, 1.807) is 13.8 Å². The van der Waals surface area contributed by atoms with Crippen LogP contribution in [0.4, 0.5) is 0 Å². The Kier molecular flexibility index (Phi) is 3.21. The fourth-order valence-electron chi connectivity index (χ4n) is 2.17. The molecule has 2 rings (SSSR count). The molecule has 0 aromatic carbocycles. The Balaban J connectivity index is 2.63. The lowest BCUT2D eigenvalue weighted by atomic mass is 9.85. The lowest BCUT2D eigenvalue weighted by Gasteiger charge is -2.26. The van der Waals surface area contributed by atoms with Crippen molar-refractivity contribution in [1.29, 1.82) is 5.26 Å². The Labute approximate surface area is 109 Å². The van der Waals surface area contributed by atoms with E-state index in [-0.39, 0.29) is 5.57 Å². The Morgan fingerprint density at radius 1 is 1.50 bits per heavy atom. The van der Waals surface area contributed by atoms with Crippen LogP contribution in [0.2, 0.25) is 0 Å². The summed E-state index contributed by atoms with van der Waals surface area (Å²) in [4.78, 5) is 12.3. The molecule has 1 aliphatic heterocycles.